The predicted molar refractivity (Wildman–Crippen MR) is 100 cm³/mol. The number of nitrogens with zero attached hydrogens (tertiary/aromatic N) is 3. The minimum atomic E-state index is -0.385. The third-order valence-electron chi connectivity index (χ3n) is 4.80. The SMILES string of the molecule is CCCn1c(=O)c2sccc2n(CC(=O)N2C[C@H](C)C[C@@H](C)C2)c1=O. The fourth-order valence-electron chi connectivity index (χ4n) is 3.81. The van der Waals surface area contributed by atoms with Crippen LogP contribution in [0.15, 0.2) is 21.0 Å². The van der Waals surface area contributed by atoms with E-state index in [1.807, 2.05) is 11.8 Å². The van der Waals surface area contributed by atoms with Crippen molar-refractivity contribution in [3.05, 3.63) is 32.3 Å². The van der Waals surface area contributed by atoms with E-state index in [0.717, 1.165) is 19.5 Å². The number of carbonyl (C=O) groups is 1. The lowest BCUT2D eigenvalue weighted by Crippen LogP contribution is -2.46. The van der Waals surface area contributed by atoms with Crippen molar-refractivity contribution in [1.82, 2.24) is 14.0 Å². The summed E-state index contributed by atoms with van der Waals surface area (Å²) in [4.78, 5) is 40.0. The Kier molecular flexibility index (Phi) is 5.13. The van der Waals surface area contributed by atoms with Gasteiger partial charge in [-0.1, -0.05) is 20.8 Å². The van der Waals surface area contributed by atoms with E-state index in [-0.39, 0.29) is 23.7 Å². The van der Waals surface area contributed by atoms with E-state index in [1.54, 1.807) is 11.4 Å². The van der Waals surface area contributed by atoms with Gasteiger partial charge in [0.25, 0.3) is 5.56 Å². The van der Waals surface area contributed by atoms with Gasteiger partial charge in [0.05, 0.1) is 5.52 Å². The average Bonchev–Trinajstić information content (AvgIpc) is 3.04. The zero-order valence-electron chi connectivity index (χ0n) is 15.0. The van der Waals surface area contributed by atoms with E-state index >= 15 is 0 Å². The Morgan fingerprint density at radius 1 is 1.20 bits per heavy atom. The Morgan fingerprint density at radius 3 is 2.52 bits per heavy atom. The molecule has 25 heavy (non-hydrogen) atoms. The van der Waals surface area contributed by atoms with Gasteiger partial charge in [0.15, 0.2) is 0 Å². The van der Waals surface area contributed by atoms with Crippen molar-refractivity contribution in [2.75, 3.05) is 13.1 Å². The van der Waals surface area contributed by atoms with E-state index in [1.165, 1.54) is 20.5 Å². The minimum absolute atomic E-state index is 0.00446. The molecule has 0 aliphatic carbocycles. The second-order valence-electron chi connectivity index (χ2n) is 7.21. The van der Waals surface area contributed by atoms with Crippen LogP contribution in [0.4, 0.5) is 0 Å². The summed E-state index contributed by atoms with van der Waals surface area (Å²) >= 11 is 1.32. The maximum absolute atomic E-state index is 12.8. The van der Waals surface area contributed by atoms with Crippen LogP contribution in [0.2, 0.25) is 0 Å². The van der Waals surface area contributed by atoms with Crippen LogP contribution in [0.3, 0.4) is 0 Å². The van der Waals surface area contributed by atoms with Crippen molar-refractivity contribution < 1.29 is 4.79 Å². The van der Waals surface area contributed by atoms with E-state index in [4.69, 9.17) is 0 Å². The lowest BCUT2D eigenvalue weighted by molar-refractivity contribution is -0.134. The molecule has 2 aromatic rings. The van der Waals surface area contributed by atoms with Crippen LogP contribution in [-0.4, -0.2) is 33.0 Å². The van der Waals surface area contributed by atoms with Gasteiger partial charge in [0.2, 0.25) is 5.91 Å². The number of amides is 1. The smallest absolute Gasteiger partial charge is 0.332 e. The second-order valence-corrected chi connectivity index (χ2v) is 8.12. The molecule has 0 N–H and O–H groups in total. The van der Waals surface area contributed by atoms with Crippen molar-refractivity contribution in [1.29, 1.82) is 0 Å². The normalized spacial score (nSPS) is 21.0. The van der Waals surface area contributed by atoms with Gasteiger partial charge in [-0.25, -0.2) is 4.79 Å². The zero-order valence-corrected chi connectivity index (χ0v) is 15.8. The minimum Gasteiger partial charge on any atom is -0.341 e. The van der Waals surface area contributed by atoms with Gasteiger partial charge >= 0.3 is 5.69 Å². The quantitative estimate of drug-likeness (QED) is 0.836. The molecule has 0 spiro atoms. The molecule has 0 saturated carbocycles. The van der Waals surface area contributed by atoms with Gasteiger partial charge in [-0.15, -0.1) is 11.3 Å². The number of likely N-dealkylation sites (tertiary alicyclic amines) is 1. The first-order chi connectivity index (χ1) is 11.9. The summed E-state index contributed by atoms with van der Waals surface area (Å²) in [5.74, 6) is 0.897. The molecule has 0 aromatic carbocycles. The number of carbonyl (C=O) groups excluding carboxylic acids is 1. The zero-order chi connectivity index (χ0) is 18.1. The highest BCUT2D eigenvalue weighted by atomic mass is 32.1. The molecule has 3 rings (SSSR count). The van der Waals surface area contributed by atoms with Crippen LogP contribution in [0, 0.1) is 11.8 Å². The molecule has 7 heteroatoms. The van der Waals surface area contributed by atoms with Gasteiger partial charge < -0.3 is 4.90 Å². The summed E-state index contributed by atoms with van der Waals surface area (Å²) in [5.41, 5.74) is -0.0659. The number of thiophene rings is 1. The molecule has 0 radical (unpaired) electrons. The van der Waals surface area contributed by atoms with Crippen LogP contribution < -0.4 is 11.2 Å². The van der Waals surface area contributed by atoms with Crippen LogP contribution in [0.5, 0.6) is 0 Å². The molecule has 1 amide bonds. The molecule has 136 valence electrons. The van der Waals surface area contributed by atoms with Crippen molar-refractivity contribution in [3.8, 4) is 0 Å². The van der Waals surface area contributed by atoms with Crippen molar-refractivity contribution in [2.45, 2.75) is 46.7 Å². The predicted octanol–water partition coefficient (Wildman–Crippen LogP) is 2.14. The van der Waals surface area contributed by atoms with Crippen LogP contribution in [0.25, 0.3) is 10.2 Å². The molecule has 0 unspecified atom stereocenters. The molecule has 1 saturated heterocycles. The first-order valence-corrected chi connectivity index (χ1v) is 9.79. The van der Waals surface area contributed by atoms with Crippen molar-refractivity contribution in [3.63, 3.8) is 0 Å². The first-order valence-electron chi connectivity index (χ1n) is 8.91. The van der Waals surface area contributed by atoms with E-state index in [0.29, 0.717) is 35.0 Å². The summed E-state index contributed by atoms with van der Waals surface area (Å²) in [6.07, 6.45) is 1.82. The number of hydrogen-bond acceptors (Lipinski definition) is 4. The first kappa shape index (κ1) is 17.9. The van der Waals surface area contributed by atoms with Crippen molar-refractivity contribution in [2.24, 2.45) is 11.8 Å². The van der Waals surface area contributed by atoms with Crippen molar-refractivity contribution >= 4 is 27.5 Å². The van der Waals surface area contributed by atoms with Gasteiger partial charge in [-0.3, -0.25) is 18.7 Å². The number of rotatable bonds is 4. The highest BCUT2D eigenvalue weighted by Gasteiger charge is 2.26. The molecule has 0 bridgehead atoms. The van der Waals surface area contributed by atoms with Crippen LogP contribution in [-0.2, 0) is 17.9 Å². The fraction of sp³-hybridized carbons (Fsp3) is 0.611. The van der Waals surface area contributed by atoms with Gasteiger partial charge in [0.1, 0.15) is 11.2 Å². The van der Waals surface area contributed by atoms with Gasteiger partial charge in [-0.05, 0) is 36.1 Å². The van der Waals surface area contributed by atoms with Gasteiger partial charge in [-0.2, -0.15) is 0 Å². The van der Waals surface area contributed by atoms with E-state index in [9.17, 15) is 14.4 Å². The standard InChI is InChI=1S/C18H25N3O3S/c1-4-6-20-17(23)16-14(5-7-25-16)21(18(20)24)11-15(22)19-9-12(2)8-13(3)10-19/h5,7,12-13H,4,6,8-11H2,1-3H3/t12-,13-/m1/s1. The highest BCUT2D eigenvalue weighted by molar-refractivity contribution is 7.17. The summed E-state index contributed by atoms with van der Waals surface area (Å²) in [5, 5.41) is 1.80. The molecular formula is C18H25N3O3S. The average molecular weight is 363 g/mol. The fourth-order valence-corrected chi connectivity index (χ4v) is 4.65. The molecule has 1 aliphatic heterocycles. The summed E-state index contributed by atoms with van der Waals surface area (Å²) in [7, 11) is 0. The number of hydrogen-bond donors (Lipinski definition) is 0. The maximum atomic E-state index is 12.8. The molecule has 6 nitrogen and oxygen atoms in total. The lowest BCUT2D eigenvalue weighted by atomic mass is 9.92. The summed E-state index contributed by atoms with van der Waals surface area (Å²) < 4.78 is 3.27. The Bertz CT molecular complexity index is 885. The van der Waals surface area contributed by atoms with Gasteiger partial charge in [0, 0.05) is 19.6 Å². The van der Waals surface area contributed by atoms with E-state index in [2.05, 4.69) is 13.8 Å². The Morgan fingerprint density at radius 2 is 1.88 bits per heavy atom. The molecular weight excluding hydrogens is 338 g/mol. The topological polar surface area (TPSA) is 64.3 Å². The molecule has 1 aliphatic rings. The Balaban J connectivity index is 1.98. The Labute approximate surface area is 150 Å². The summed E-state index contributed by atoms with van der Waals surface area (Å²) in [6, 6.07) is 1.76. The third-order valence-corrected chi connectivity index (χ3v) is 5.69. The monoisotopic (exact) mass is 363 g/mol. The van der Waals surface area contributed by atoms with Crippen LogP contribution in [0.1, 0.15) is 33.6 Å². The number of fused-ring (bicyclic) bond motifs is 1. The molecule has 3 heterocycles. The summed E-state index contributed by atoms with van der Waals surface area (Å²) in [6.45, 7) is 8.07. The largest absolute Gasteiger partial charge is 0.341 e. The van der Waals surface area contributed by atoms with E-state index < -0.39 is 0 Å². The second kappa shape index (κ2) is 7.15. The van der Waals surface area contributed by atoms with Crippen LogP contribution >= 0.6 is 11.3 Å². The number of aromatic nitrogens is 2. The third kappa shape index (κ3) is 3.42. The molecule has 2 atom stereocenters. The maximum Gasteiger partial charge on any atom is 0.332 e. The molecule has 2 aromatic heterocycles. The Hall–Kier alpha value is -1.89. The molecule has 1 fully saturated rings. The lowest BCUT2D eigenvalue weighted by Gasteiger charge is -2.35. The highest BCUT2D eigenvalue weighted by Crippen LogP contribution is 2.21. The number of piperidine rings is 1.